The van der Waals surface area contributed by atoms with E-state index in [1.165, 1.54) is 0 Å². The third-order valence-electron chi connectivity index (χ3n) is 4.01. The van der Waals surface area contributed by atoms with Crippen molar-refractivity contribution in [2.75, 3.05) is 25.0 Å². The summed E-state index contributed by atoms with van der Waals surface area (Å²) in [5, 5.41) is 0. The molecule has 0 bridgehead atoms. The van der Waals surface area contributed by atoms with Crippen LogP contribution in [0.15, 0.2) is 97.3 Å². The summed E-state index contributed by atoms with van der Waals surface area (Å²) in [5.74, 6) is 0. The van der Waals surface area contributed by atoms with E-state index in [4.69, 9.17) is 0 Å². The van der Waals surface area contributed by atoms with Gasteiger partial charge in [-0.25, -0.2) is 0 Å². The van der Waals surface area contributed by atoms with Crippen molar-refractivity contribution in [1.82, 2.24) is 9.97 Å². The quantitative estimate of drug-likeness (QED) is 0.116. The zero-order chi connectivity index (χ0) is 33.2. The first-order chi connectivity index (χ1) is 19.7. The second-order valence-corrected chi connectivity index (χ2v) is 13.2. The second kappa shape index (κ2) is 19.4. The average Bonchev–Trinajstić information content (AvgIpc) is 2.92. The molecule has 6 nitrogen and oxygen atoms in total. The van der Waals surface area contributed by atoms with E-state index in [1.807, 2.05) is 60.7 Å². The van der Waals surface area contributed by atoms with E-state index in [2.05, 4.69) is 9.97 Å². The first-order valence-corrected chi connectivity index (χ1v) is 17.7. The van der Waals surface area contributed by atoms with Crippen LogP contribution < -0.4 is 0 Å². The van der Waals surface area contributed by atoms with Gasteiger partial charge in [0, 0.05) is 101 Å². The molecule has 0 unspecified atom stereocenters. The van der Waals surface area contributed by atoms with E-state index < -0.39 is 29.4 Å². The van der Waals surface area contributed by atoms with Crippen molar-refractivity contribution < 1.29 is 63.3 Å². The molecule has 245 valence electrons. The van der Waals surface area contributed by atoms with Crippen LogP contribution in [0, 0.1) is 0 Å². The topological polar surface area (TPSA) is 94.1 Å². The maximum Gasteiger partial charge on any atom is 0.150 e. The Bertz CT molecular complexity index is 1330. The Morgan fingerprint density at radius 3 is 0.977 bits per heavy atom. The van der Waals surface area contributed by atoms with Gasteiger partial charge in [-0.15, -0.1) is 0 Å². The smallest absolute Gasteiger partial charge is 0.150 e. The number of pyridine rings is 2. The first kappa shape index (κ1) is 43.2. The van der Waals surface area contributed by atoms with Crippen LogP contribution in [0.4, 0.5) is 25.2 Å². The molecule has 0 aliphatic carbocycles. The molecule has 0 saturated carbocycles. The zero-order valence-corrected chi connectivity index (χ0v) is 28.7. The Balaban J connectivity index is 0. The van der Waals surface area contributed by atoms with Gasteiger partial charge in [-0.2, -0.15) is 0 Å². The number of halogens is 6. The van der Waals surface area contributed by atoms with Crippen LogP contribution in [-0.4, -0.2) is 56.0 Å². The molecule has 0 aliphatic heterocycles. The summed E-state index contributed by atoms with van der Waals surface area (Å²) < 4.78 is 78.3. The fraction of sp³-hybridized carbons (Fsp3) is 0.143. The molecule has 44 heavy (non-hydrogen) atoms. The molecule has 2 aromatic carbocycles. The molecule has 4 aromatic rings. The minimum Gasteiger partial charge on any atom is -0.298 e. The van der Waals surface area contributed by atoms with Gasteiger partial charge in [0.15, 0.2) is 0 Å². The number of aromatic nitrogens is 2. The zero-order valence-electron chi connectivity index (χ0n) is 23.8. The van der Waals surface area contributed by atoms with Crippen molar-refractivity contribution in [3.8, 4) is 22.5 Å². The fourth-order valence-electron chi connectivity index (χ4n) is 2.53. The molecule has 0 spiro atoms. The molecule has 2 aromatic heterocycles. The van der Waals surface area contributed by atoms with Gasteiger partial charge in [0.2, 0.25) is 0 Å². The van der Waals surface area contributed by atoms with Crippen molar-refractivity contribution in [1.29, 1.82) is 0 Å². The Labute approximate surface area is 270 Å². The standard InChI is InChI=1S/2C12H9NO.2C2H6OS.F6P.Ir/c2*14-9-10-4-6-11(7-5-10)12-3-1-2-8-13-12;2*1-4(2)3;1-7(2,3,4,5)6;/h2*1-9H;2*1-2H3;;/q;;;;-1;. The predicted molar refractivity (Wildman–Crippen MR) is 164 cm³/mol. The maximum atomic E-state index is 10.4. The Hall–Kier alpha value is -2.96. The molecule has 0 amide bonds. The molecule has 4 rings (SSSR count). The number of aldehydes is 2. The number of nitrogens with zero attached hydrogens (tertiary/aromatic N) is 2. The number of hydrogen-bond acceptors (Lipinski definition) is 6. The van der Waals surface area contributed by atoms with Crippen molar-refractivity contribution in [3.05, 3.63) is 108 Å². The van der Waals surface area contributed by atoms with Gasteiger partial charge in [-0.05, 0) is 24.3 Å². The number of carbonyl (C=O) groups excluding carboxylic acids is 2. The monoisotopic (exact) mass is 860 g/mol. The molecule has 0 fully saturated rings. The van der Waals surface area contributed by atoms with E-state index in [-0.39, 0.29) is 20.1 Å². The van der Waals surface area contributed by atoms with E-state index in [0.717, 1.165) is 35.1 Å². The van der Waals surface area contributed by atoms with Gasteiger partial charge in [0.05, 0.1) is 11.4 Å². The molecular formula is C28H30F6IrN2O4PS2-. The molecule has 0 atom stereocenters. The van der Waals surface area contributed by atoms with Gasteiger partial charge in [-0.1, -0.05) is 60.7 Å². The second-order valence-electron chi connectivity index (χ2n) is 8.35. The number of carbonyl (C=O) groups is 2. The molecular weight excluding hydrogens is 830 g/mol. The number of rotatable bonds is 4. The predicted octanol–water partition coefficient (Wildman–Crippen LogP) is 8.49. The summed E-state index contributed by atoms with van der Waals surface area (Å²) in [7, 11) is -11.9. The SMILES string of the molecule is CS(C)=O.CS(C)=O.F[P-](F)(F)(F)(F)F.O=Cc1ccc(-c2ccccn2)cc1.O=Cc1ccc(-c2ccccn2)cc1.[Ir]. The summed E-state index contributed by atoms with van der Waals surface area (Å²) in [6, 6.07) is 26.3. The maximum absolute atomic E-state index is 10.7. The Morgan fingerprint density at radius 2 is 0.795 bits per heavy atom. The summed E-state index contributed by atoms with van der Waals surface area (Å²) in [5.41, 5.74) is 5.26. The van der Waals surface area contributed by atoms with Crippen LogP contribution in [0.25, 0.3) is 22.5 Å². The summed E-state index contributed by atoms with van der Waals surface area (Å²) in [6.07, 6.45) is 11.7. The van der Waals surface area contributed by atoms with Gasteiger partial charge in [-0.3, -0.25) is 28.0 Å². The van der Waals surface area contributed by atoms with Gasteiger partial charge in [0.1, 0.15) is 12.6 Å². The molecule has 1 radical (unpaired) electrons. The Morgan fingerprint density at radius 1 is 0.545 bits per heavy atom. The van der Waals surface area contributed by atoms with E-state index in [9.17, 15) is 43.2 Å². The first-order valence-electron chi connectivity index (χ1n) is 11.7. The number of hydrogen-bond donors (Lipinski definition) is 0. The van der Waals surface area contributed by atoms with Crippen LogP contribution >= 0.6 is 7.81 Å². The average molecular weight is 860 g/mol. The fourth-order valence-corrected chi connectivity index (χ4v) is 2.53. The third-order valence-corrected chi connectivity index (χ3v) is 4.01. The summed E-state index contributed by atoms with van der Waals surface area (Å²) in [6.45, 7) is 0. The van der Waals surface area contributed by atoms with E-state index in [1.54, 1.807) is 61.7 Å². The third kappa shape index (κ3) is 27.8. The van der Waals surface area contributed by atoms with Crippen LogP contribution in [0.2, 0.25) is 0 Å². The minimum absolute atomic E-state index is 0. The number of benzene rings is 2. The molecule has 0 saturated heterocycles. The van der Waals surface area contributed by atoms with Gasteiger partial charge in [0.25, 0.3) is 0 Å². The molecule has 0 N–H and O–H groups in total. The van der Waals surface area contributed by atoms with Crippen LogP contribution in [0.5, 0.6) is 0 Å². The van der Waals surface area contributed by atoms with Crippen LogP contribution in [0.1, 0.15) is 20.7 Å². The summed E-state index contributed by atoms with van der Waals surface area (Å²) >= 11 is 0. The van der Waals surface area contributed by atoms with Gasteiger partial charge >= 0.3 is 33.0 Å². The minimum atomic E-state index is -10.7. The summed E-state index contributed by atoms with van der Waals surface area (Å²) in [4.78, 5) is 29.3. The Kier molecular flexibility index (Phi) is 19.1. The van der Waals surface area contributed by atoms with Crippen molar-refractivity contribution >= 4 is 42.0 Å². The molecule has 0 aliphatic rings. The van der Waals surface area contributed by atoms with E-state index >= 15 is 0 Å². The van der Waals surface area contributed by atoms with Crippen LogP contribution in [0.3, 0.4) is 0 Å². The van der Waals surface area contributed by atoms with E-state index in [0.29, 0.717) is 11.1 Å². The van der Waals surface area contributed by atoms with Crippen molar-refractivity contribution in [2.45, 2.75) is 0 Å². The van der Waals surface area contributed by atoms with Gasteiger partial charge < -0.3 is 0 Å². The van der Waals surface area contributed by atoms with Crippen molar-refractivity contribution in [2.24, 2.45) is 0 Å². The van der Waals surface area contributed by atoms with Crippen LogP contribution in [-0.2, 0) is 41.7 Å². The normalized spacial score (nSPS) is 11.5. The molecule has 16 heteroatoms. The largest absolute Gasteiger partial charge is 0.298 e. The van der Waals surface area contributed by atoms with Crippen molar-refractivity contribution in [3.63, 3.8) is 0 Å². The molecule has 2 heterocycles.